The second-order valence-corrected chi connectivity index (χ2v) is 5.53. The lowest BCUT2D eigenvalue weighted by molar-refractivity contribution is 0.102. The molecule has 1 fully saturated rings. The van der Waals surface area contributed by atoms with Crippen molar-refractivity contribution in [3.63, 3.8) is 0 Å². The summed E-state index contributed by atoms with van der Waals surface area (Å²) in [6.45, 7) is 13.6. The smallest absolute Gasteiger partial charge is 0.0580 e. The molecule has 18 heavy (non-hydrogen) atoms. The molecule has 1 rings (SSSR count). The van der Waals surface area contributed by atoms with E-state index in [-0.39, 0.29) is 6.10 Å². The maximum atomic E-state index is 9.89. The Bertz CT molecular complexity index is 207. The fraction of sp³-hybridized carbons (Fsp3) is 1.00. The molecule has 0 aliphatic heterocycles. The van der Waals surface area contributed by atoms with Gasteiger partial charge in [-0.2, -0.15) is 0 Å². The van der Waals surface area contributed by atoms with Crippen LogP contribution in [0.25, 0.3) is 0 Å². The van der Waals surface area contributed by atoms with E-state index < -0.39 is 0 Å². The Morgan fingerprint density at radius 3 is 2.06 bits per heavy atom. The Morgan fingerprint density at radius 2 is 1.56 bits per heavy atom. The van der Waals surface area contributed by atoms with Crippen LogP contribution in [0.5, 0.6) is 0 Å². The minimum Gasteiger partial charge on any atom is -0.393 e. The Labute approximate surface area is 113 Å². The third kappa shape index (κ3) is 5.25. The van der Waals surface area contributed by atoms with Crippen molar-refractivity contribution in [1.29, 1.82) is 0 Å². The van der Waals surface area contributed by atoms with Gasteiger partial charge >= 0.3 is 0 Å². The molecule has 3 nitrogen and oxygen atoms in total. The summed E-state index contributed by atoms with van der Waals surface area (Å²) in [4.78, 5) is 5.00. The molecule has 2 atom stereocenters. The van der Waals surface area contributed by atoms with Gasteiger partial charge in [0.15, 0.2) is 0 Å². The van der Waals surface area contributed by atoms with Crippen LogP contribution in [-0.2, 0) is 0 Å². The highest BCUT2D eigenvalue weighted by molar-refractivity contribution is 4.79. The highest BCUT2D eigenvalue weighted by Crippen LogP contribution is 2.26. The standard InChI is InChI=1S/C15H32N2O/c1-4-16(5-2)11-8-12-17(6-3)13-14-9-7-10-15(14)18/h14-15,18H,4-13H2,1-3H3. The number of aliphatic hydroxyl groups is 1. The Hall–Kier alpha value is -0.120. The zero-order valence-corrected chi connectivity index (χ0v) is 12.6. The molecule has 1 N–H and O–H groups in total. The lowest BCUT2D eigenvalue weighted by Crippen LogP contribution is -2.35. The first-order valence-corrected chi connectivity index (χ1v) is 7.83. The van der Waals surface area contributed by atoms with Crippen molar-refractivity contribution < 1.29 is 5.11 Å². The number of nitrogens with zero attached hydrogens (tertiary/aromatic N) is 2. The van der Waals surface area contributed by atoms with E-state index in [0.29, 0.717) is 5.92 Å². The Balaban J connectivity index is 2.20. The van der Waals surface area contributed by atoms with E-state index in [1.807, 2.05) is 0 Å². The molecule has 0 heterocycles. The van der Waals surface area contributed by atoms with Gasteiger partial charge in [-0.1, -0.05) is 27.2 Å². The predicted octanol–water partition coefficient (Wildman–Crippen LogP) is 2.20. The van der Waals surface area contributed by atoms with Gasteiger partial charge in [-0.25, -0.2) is 0 Å². The van der Waals surface area contributed by atoms with Gasteiger partial charge in [0.05, 0.1) is 6.10 Å². The fourth-order valence-corrected chi connectivity index (χ4v) is 3.00. The maximum absolute atomic E-state index is 9.89. The normalized spacial score (nSPS) is 24.3. The van der Waals surface area contributed by atoms with Crippen molar-refractivity contribution in [3.05, 3.63) is 0 Å². The molecule has 0 aromatic heterocycles. The van der Waals surface area contributed by atoms with Crippen LogP contribution < -0.4 is 0 Å². The summed E-state index contributed by atoms with van der Waals surface area (Å²) < 4.78 is 0. The van der Waals surface area contributed by atoms with Gasteiger partial charge < -0.3 is 14.9 Å². The van der Waals surface area contributed by atoms with E-state index in [0.717, 1.165) is 32.6 Å². The topological polar surface area (TPSA) is 26.7 Å². The second-order valence-electron chi connectivity index (χ2n) is 5.53. The molecular weight excluding hydrogens is 224 g/mol. The van der Waals surface area contributed by atoms with E-state index in [1.54, 1.807) is 0 Å². The predicted molar refractivity (Wildman–Crippen MR) is 77.9 cm³/mol. The van der Waals surface area contributed by atoms with Crippen LogP contribution in [0.3, 0.4) is 0 Å². The summed E-state index contributed by atoms with van der Waals surface area (Å²) in [5, 5.41) is 9.89. The minimum atomic E-state index is -0.0400. The van der Waals surface area contributed by atoms with Crippen molar-refractivity contribution in [3.8, 4) is 0 Å². The summed E-state index contributed by atoms with van der Waals surface area (Å²) in [7, 11) is 0. The molecule has 108 valence electrons. The van der Waals surface area contributed by atoms with Crippen LogP contribution in [0, 0.1) is 5.92 Å². The molecule has 0 radical (unpaired) electrons. The molecule has 0 bridgehead atoms. The maximum Gasteiger partial charge on any atom is 0.0580 e. The van der Waals surface area contributed by atoms with Gasteiger partial charge in [0, 0.05) is 6.54 Å². The first-order valence-electron chi connectivity index (χ1n) is 7.83. The molecule has 0 spiro atoms. The molecule has 0 aromatic carbocycles. The second kappa shape index (κ2) is 8.89. The highest BCUT2D eigenvalue weighted by Gasteiger charge is 2.26. The first-order chi connectivity index (χ1) is 8.71. The zero-order chi connectivity index (χ0) is 13.4. The Kier molecular flexibility index (Phi) is 7.87. The van der Waals surface area contributed by atoms with Gasteiger partial charge in [0.1, 0.15) is 0 Å². The third-order valence-electron chi connectivity index (χ3n) is 4.40. The first kappa shape index (κ1) is 15.9. The fourth-order valence-electron chi connectivity index (χ4n) is 3.00. The molecule has 0 saturated heterocycles. The van der Waals surface area contributed by atoms with Gasteiger partial charge in [-0.3, -0.25) is 0 Å². The highest BCUT2D eigenvalue weighted by atomic mass is 16.3. The van der Waals surface area contributed by atoms with Gasteiger partial charge in [0.2, 0.25) is 0 Å². The van der Waals surface area contributed by atoms with Crippen LogP contribution in [0.15, 0.2) is 0 Å². The van der Waals surface area contributed by atoms with Crippen molar-refractivity contribution in [2.75, 3.05) is 39.3 Å². The van der Waals surface area contributed by atoms with Crippen molar-refractivity contribution in [2.45, 2.75) is 52.6 Å². The summed E-state index contributed by atoms with van der Waals surface area (Å²) in [5.41, 5.74) is 0. The molecule has 1 aliphatic carbocycles. The Morgan fingerprint density at radius 1 is 0.944 bits per heavy atom. The van der Waals surface area contributed by atoms with E-state index >= 15 is 0 Å². The number of hydrogen-bond acceptors (Lipinski definition) is 3. The SMILES string of the molecule is CCN(CC)CCCN(CC)CC1CCCC1O. The van der Waals surface area contributed by atoms with Crippen LogP contribution in [0.1, 0.15) is 46.5 Å². The van der Waals surface area contributed by atoms with Crippen LogP contribution in [0.2, 0.25) is 0 Å². The van der Waals surface area contributed by atoms with Gasteiger partial charge in [-0.15, -0.1) is 0 Å². The largest absolute Gasteiger partial charge is 0.393 e. The number of aliphatic hydroxyl groups excluding tert-OH is 1. The lowest BCUT2D eigenvalue weighted by Gasteiger charge is -2.27. The molecule has 1 saturated carbocycles. The van der Waals surface area contributed by atoms with E-state index in [9.17, 15) is 5.11 Å². The van der Waals surface area contributed by atoms with Crippen LogP contribution in [0.4, 0.5) is 0 Å². The molecule has 0 aromatic rings. The summed E-state index contributed by atoms with van der Waals surface area (Å²) in [5.74, 6) is 0.526. The summed E-state index contributed by atoms with van der Waals surface area (Å²) in [6, 6.07) is 0. The van der Waals surface area contributed by atoms with Crippen LogP contribution >= 0.6 is 0 Å². The lowest BCUT2D eigenvalue weighted by atomic mass is 10.1. The summed E-state index contributed by atoms with van der Waals surface area (Å²) >= 11 is 0. The average Bonchev–Trinajstić information content (AvgIpc) is 2.79. The third-order valence-corrected chi connectivity index (χ3v) is 4.40. The van der Waals surface area contributed by atoms with Crippen LogP contribution in [-0.4, -0.2) is 60.3 Å². The monoisotopic (exact) mass is 256 g/mol. The van der Waals surface area contributed by atoms with E-state index in [2.05, 4.69) is 30.6 Å². The van der Waals surface area contributed by atoms with Crippen molar-refractivity contribution in [1.82, 2.24) is 9.80 Å². The van der Waals surface area contributed by atoms with Crippen molar-refractivity contribution in [2.24, 2.45) is 5.92 Å². The van der Waals surface area contributed by atoms with E-state index in [1.165, 1.54) is 32.4 Å². The minimum absolute atomic E-state index is 0.0400. The summed E-state index contributed by atoms with van der Waals surface area (Å²) in [6.07, 6.45) is 4.65. The number of rotatable bonds is 9. The number of hydrogen-bond donors (Lipinski definition) is 1. The quantitative estimate of drug-likeness (QED) is 0.685. The zero-order valence-electron chi connectivity index (χ0n) is 12.6. The van der Waals surface area contributed by atoms with Crippen molar-refractivity contribution >= 4 is 0 Å². The van der Waals surface area contributed by atoms with E-state index in [4.69, 9.17) is 0 Å². The molecule has 0 amide bonds. The molecular formula is C15H32N2O. The molecule has 1 aliphatic rings. The average molecular weight is 256 g/mol. The molecule has 2 unspecified atom stereocenters. The molecule has 3 heteroatoms. The van der Waals surface area contributed by atoms with Gasteiger partial charge in [0.25, 0.3) is 0 Å². The van der Waals surface area contributed by atoms with Gasteiger partial charge in [-0.05, 0) is 57.9 Å².